The number of halogens is 2. The third-order valence-electron chi connectivity index (χ3n) is 3.82. The summed E-state index contributed by atoms with van der Waals surface area (Å²) < 4.78 is 32.1. The lowest BCUT2D eigenvalue weighted by molar-refractivity contribution is -0.0848. The Morgan fingerprint density at radius 1 is 1.26 bits per heavy atom. The van der Waals surface area contributed by atoms with Crippen molar-refractivity contribution in [3.63, 3.8) is 0 Å². The molecule has 3 rings (SSSR count). The van der Waals surface area contributed by atoms with Crippen LogP contribution in [0, 0.1) is 11.6 Å². The molecule has 1 aliphatic rings. The number of nitrogens with zero attached hydrogens (tertiary/aromatic N) is 3. The first-order chi connectivity index (χ1) is 10.9. The van der Waals surface area contributed by atoms with Gasteiger partial charge in [-0.25, -0.2) is 13.8 Å². The van der Waals surface area contributed by atoms with Crippen molar-refractivity contribution in [1.29, 1.82) is 0 Å². The molecule has 23 heavy (non-hydrogen) atoms. The van der Waals surface area contributed by atoms with Crippen LogP contribution in [-0.4, -0.2) is 53.3 Å². The van der Waals surface area contributed by atoms with Crippen LogP contribution >= 0.6 is 0 Å². The molecule has 0 radical (unpaired) electrons. The highest BCUT2D eigenvalue weighted by Gasteiger charge is 2.26. The Hall–Kier alpha value is -1.86. The van der Waals surface area contributed by atoms with E-state index in [1.807, 2.05) is 0 Å². The van der Waals surface area contributed by atoms with Gasteiger partial charge in [-0.05, 0) is 13.8 Å². The summed E-state index contributed by atoms with van der Waals surface area (Å²) >= 11 is 0. The molecule has 0 atom stereocenters. The molecule has 1 aromatic heterocycles. The number of ether oxygens (including phenoxy) is 1. The number of benzene rings is 1. The highest BCUT2D eigenvalue weighted by molar-refractivity contribution is 5.75. The van der Waals surface area contributed by atoms with E-state index in [2.05, 4.69) is 34.0 Å². The first-order valence-electron chi connectivity index (χ1n) is 7.65. The van der Waals surface area contributed by atoms with Crippen molar-refractivity contribution < 1.29 is 13.5 Å². The van der Waals surface area contributed by atoms with E-state index in [4.69, 9.17) is 4.74 Å². The van der Waals surface area contributed by atoms with Gasteiger partial charge < -0.3 is 10.1 Å². The average Bonchev–Trinajstić information content (AvgIpc) is 2.48. The first-order valence-corrected chi connectivity index (χ1v) is 7.65. The third-order valence-corrected chi connectivity index (χ3v) is 3.82. The maximum absolute atomic E-state index is 13.3. The Morgan fingerprint density at radius 2 is 2.00 bits per heavy atom. The number of rotatable bonds is 4. The number of fused-ring (bicyclic) bond motifs is 1. The van der Waals surface area contributed by atoms with Crippen LogP contribution in [-0.2, 0) is 4.74 Å². The van der Waals surface area contributed by atoms with Gasteiger partial charge in [0, 0.05) is 38.3 Å². The van der Waals surface area contributed by atoms with Gasteiger partial charge in [0.1, 0.15) is 5.82 Å². The van der Waals surface area contributed by atoms with Crippen molar-refractivity contribution in [2.45, 2.75) is 19.4 Å². The highest BCUT2D eigenvalue weighted by atomic mass is 19.2. The van der Waals surface area contributed by atoms with Gasteiger partial charge in [-0.1, -0.05) is 0 Å². The van der Waals surface area contributed by atoms with Crippen LogP contribution in [0.5, 0.6) is 0 Å². The van der Waals surface area contributed by atoms with Crippen LogP contribution in [0.3, 0.4) is 0 Å². The zero-order chi connectivity index (χ0) is 16.4. The van der Waals surface area contributed by atoms with E-state index in [0.29, 0.717) is 23.4 Å². The Labute approximate surface area is 133 Å². The SMILES string of the molecule is CC1(C)CN(CCNc2cnc3cc(F)c(F)cc3n2)CCO1. The monoisotopic (exact) mass is 322 g/mol. The zero-order valence-electron chi connectivity index (χ0n) is 13.3. The summed E-state index contributed by atoms with van der Waals surface area (Å²) in [7, 11) is 0. The van der Waals surface area contributed by atoms with Gasteiger partial charge in [0.05, 0.1) is 29.4 Å². The predicted octanol–water partition coefficient (Wildman–Crippen LogP) is 2.43. The molecule has 1 fully saturated rings. The summed E-state index contributed by atoms with van der Waals surface area (Å²) in [6.07, 6.45) is 1.53. The van der Waals surface area contributed by atoms with Crippen LogP contribution in [0.1, 0.15) is 13.8 Å². The van der Waals surface area contributed by atoms with Gasteiger partial charge in [-0.2, -0.15) is 0 Å². The number of aromatic nitrogens is 2. The molecule has 5 nitrogen and oxygen atoms in total. The molecule has 0 spiro atoms. The molecule has 124 valence electrons. The number of nitrogens with one attached hydrogen (secondary N) is 1. The first kappa shape index (κ1) is 16.0. The van der Waals surface area contributed by atoms with E-state index in [9.17, 15) is 8.78 Å². The fraction of sp³-hybridized carbons (Fsp3) is 0.500. The lowest BCUT2D eigenvalue weighted by atomic mass is 10.1. The molecule has 0 amide bonds. The van der Waals surface area contributed by atoms with Crippen LogP contribution in [0.4, 0.5) is 14.6 Å². The average molecular weight is 322 g/mol. The summed E-state index contributed by atoms with van der Waals surface area (Å²) in [6.45, 7) is 8.21. The van der Waals surface area contributed by atoms with Gasteiger partial charge in [-0.15, -0.1) is 0 Å². The Morgan fingerprint density at radius 3 is 2.74 bits per heavy atom. The molecule has 2 aromatic rings. The lowest BCUT2D eigenvalue weighted by Gasteiger charge is -2.38. The van der Waals surface area contributed by atoms with E-state index in [1.54, 1.807) is 0 Å². The molecule has 1 aliphatic heterocycles. The Bertz CT molecular complexity index is 708. The molecule has 2 heterocycles. The summed E-state index contributed by atoms with van der Waals surface area (Å²) in [5.41, 5.74) is 0.550. The molecule has 1 saturated heterocycles. The number of anilines is 1. The highest BCUT2D eigenvalue weighted by Crippen LogP contribution is 2.17. The summed E-state index contributed by atoms with van der Waals surface area (Å²) in [6, 6.07) is 2.12. The molecule has 1 aromatic carbocycles. The minimum Gasteiger partial charge on any atom is -0.373 e. The molecule has 0 bridgehead atoms. The van der Waals surface area contributed by atoms with Gasteiger partial charge in [0.25, 0.3) is 0 Å². The Balaban J connectivity index is 1.60. The summed E-state index contributed by atoms with van der Waals surface area (Å²) in [5.74, 6) is -1.28. The molecule has 1 N–H and O–H groups in total. The lowest BCUT2D eigenvalue weighted by Crippen LogP contribution is -2.49. The summed E-state index contributed by atoms with van der Waals surface area (Å²) in [5, 5.41) is 3.17. The molecule has 0 saturated carbocycles. The van der Waals surface area contributed by atoms with Gasteiger partial charge in [0.15, 0.2) is 11.6 Å². The topological polar surface area (TPSA) is 50.3 Å². The van der Waals surface area contributed by atoms with E-state index in [0.717, 1.165) is 38.4 Å². The van der Waals surface area contributed by atoms with E-state index < -0.39 is 11.6 Å². The van der Waals surface area contributed by atoms with Crippen molar-refractivity contribution in [2.75, 3.05) is 38.1 Å². The van der Waals surface area contributed by atoms with E-state index in [-0.39, 0.29) is 5.60 Å². The third kappa shape index (κ3) is 3.92. The van der Waals surface area contributed by atoms with Crippen molar-refractivity contribution in [3.8, 4) is 0 Å². The van der Waals surface area contributed by atoms with Crippen LogP contribution in [0.15, 0.2) is 18.3 Å². The maximum Gasteiger partial charge on any atom is 0.161 e. The number of morpholine rings is 1. The maximum atomic E-state index is 13.3. The number of hydrogen-bond donors (Lipinski definition) is 1. The zero-order valence-corrected chi connectivity index (χ0v) is 13.3. The largest absolute Gasteiger partial charge is 0.373 e. The minimum atomic E-state index is -0.917. The smallest absolute Gasteiger partial charge is 0.161 e. The van der Waals surface area contributed by atoms with Crippen LogP contribution < -0.4 is 5.32 Å². The van der Waals surface area contributed by atoms with Crippen molar-refractivity contribution in [3.05, 3.63) is 30.0 Å². The quantitative estimate of drug-likeness (QED) is 0.937. The van der Waals surface area contributed by atoms with Crippen LogP contribution in [0.25, 0.3) is 11.0 Å². The minimum absolute atomic E-state index is 0.122. The van der Waals surface area contributed by atoms with E-state index in [1.165, 1.54) is 6.20 Å². The fourth-order valence-electron chi connectivity index (χ4n) is 2.74. The van der Waals surface area contributed by atoms with Crippen molar-refractivity contribution in [2.24, 2.45) is 0 Å². The molecule has 7 heteroatoms. The normalized spacial score (nSPS) is 18.3. The fourth-order valence-corrected chi connectivity index (χ4v) is 2.74. The molecule has 0 aliphatic carbocycles. The molecular weight excluding hydrogens is 302 g/mol. The second-order valence-corrected chi connectivity index (χ2v) is 6.32. The van der Waals surface area contributed by atoms with Crippen molar-refractivity contribution in [1.82, 2.24) is 14.9 Å². The standard InChI is InChI=1S/C16H20F2N4O/c1-16(2)10-22(5-6-23-16)4-3-19-15-9-20-13-7-11(17)12(18)8-14(13)21-15/h7-9H,3-6,10H2,1-2H3,(H,19,21). The summed E-state index contributed by atoms with van der Waals surface area (Å²) in [4.78, 5) is 10.7. The number of hydrogen-bond acceptors (Lipinski definition) is 5. The molecule has 0 unspecified atom stereocenters. The van der Waals surface area contributed by atoms with Crippen LogP contribution in [0.2, 0.25) is 0 Å². The molecular formula is C16H20F2N4O. The van der Waals surface area contributed by atoms with Crippen molar-refractivity contribution >= 4 is 16.9 Å². The van der Waals surface area contributed by atoms with E-state index >= 15 is 0 Å². The second-order valence-electron chi connectivity index (χ2n) is 6.32. The van der Waals surface area contributed by atoms with Gasteiger partial charge >= 0.3 is 0 Å². The van der Waals surface area contributed by atoms with Gasteiger partial charge in [0.2, 0.25) is 0 Å². The second kappa shape index (κ2) is 6.33. The Kier molecular flexibility index (Phi) is 4.41. The predicted molar refractivity (Wildman–Crippen MR) is 84.4 cm³/mol. The van der Waals surface area contributed by atoms with Gasteiger partial charge in [-0.3, -0.25) is 9.88 Å².